The van der Waals surface area contributed by atoms with Gasteiger partial charge in [-0.2, -0.15) is 0 Å². The minimum Gasteiger partial charge on any atom is -0.323 e. The van der Waals surface area contributed by atoms with E-state index in [0.29, 0.717) is 17.3 Å². The SMILES string of the molecule is C[C@@H]1N=C(c2ccc3ccccc3c2)Nc2nc3ccccn3c2C1=O. The molecular formula is C21H16N4O. The van der Waals surface area contributed by atoms with E-state index in [4.69, 9.17) is 0 Å². The fourth-order valence-corrected chi connectivity index (χ4v) is 3.40. The van der Waals surface area contributed by atoms with Crippen LogP contribution in [0, 0.1) is 0 Å². The standard InChI is InChI=1S/C21H16N4O/c1-13-19(26)18-21(23-17-8-4-5-11-25(17)18)24-20(22-13)16-10-9-14-6-2-3-7-15(14)12-16/h2-13H,1H3,(H,22,24)/t13-/m0/s1. The van der Waals surface area contributed by atoms with Crippen LogP contribution < -0.4 is 5.32 Å². The first-order valence-corrected chi connectivity index (χ1v) is 8.56. The number of benzene rings is 2. The highest BCUT2D eigenvalue weighted by atomic mass is 16.1. The average Bonchev–Trinajstić information content (AvgIpc) is 2.98. The van der Waals surface area contributed by atoms with Crippen molar-refractivity contribution in [2.45, 2.75) is 13.0 Å². The summed E-state index contributed by atoms with van der Waals surface area (Å²) < 4.78 is 1.82. The molecule has 0 fully saturated rings. The lowest BCUT2D eigenvalue weighted by Gasteiger charge is -2.09. The molecule has 0 unspecified atom stereocenters. The summed E-state index contributed by atoms with van der Waals surface area (Å²) in [5.41, 5.74) is 2.23. The van der Waals surface area contributed by atoms with Crippen molar-refractivity contribution in [1.82, 2.24) is 9.38 Å². The van der Waals surface area contributed by atoms with Crippen LogP contribution in [0.1, 0.15) is 23.0 Å². The van der Waals surface area contributed by atoms with Gasteiger partial charge in [-0.3, -0.25) is 14.2 Å². The van der Waals surface area contributed by atoms with Crippen LogP contribution in [0.5, 0.6) is 0 Å². The van der Waals surface area contributed by atoms with Gasteiger partial charge in [-0.05, 0) is 35.9 Å². The molecular weight excluding hydrogens is 324 g/mol. The number of fused-ring (bicyclic) bond motifs is 4. The summed E-state index contributed by atoms with van der Waals surface area (Å²) in [7, 11) is 0. The quantitative estimate of drug-likeness (QED) is 0.571. The smallest absolute Gasteiger partial charge is 0.207 e. The predicted molar refractivity (Wildman–Crippen MR) is 103 cm³/mol. The number of hydrogen-bond acceptors (Lipinski definition) is 4. The Balaban J connectivity index is 1.67. The number of amidine groups is 1. The van der Waals surface area contributed by atoms with Crippen LogP contribution >= 0.6 is 0 Å². The fourth-order valence-electron chi connectivity index (χ4n) is 3.40. The Bertz CT molecular complexity index is 1210. The first-order valence-electron chi connectivity index (χ1n) is 8.56. The molecule has 0 amide bonds. The van der Waals surface area contributed by atoms with Crippen molar-refractivity contribution in [2.24, 2.45) is 4.99 Å². The summed E-state index contributed by atoms with van der Waals surface area (Å²) in [6, 6.07) is 19.6. The molecule has 2 aromatic heterocycles. The van der Waals surface area contributed by atoms with Crippen molar-refractivity contribution in [3.8, 4) is 0 Å². The second kappa shape index (κ2) is 5.52. The zero-order chi connectivity index (χ0) is 17.7. The first kappa shape index (κ1) is 14.8. The number of rotatable bonds is 1. The summed E-state index contributed by atoms with van der Waals surface area (Å²) >= 11 is 0. The number of carbonyl (C=O) groups excluding carboxylic acids is 1. The molecule has 0 aliphatic carbocycles. The molecule has 1 aliphatic heterocycles. The number of aromatic nitrogens is 2. The summed E-state index contributed by atoms with van der Waals surface area (Å²) in [5.74, 6) is 1.18. The Labute approximate surface area is 150 Å². The normalized spacial score (nSPS) is 16.9. The minimum absolute atomic E-state index is 0.0398. The van der Waals surface area contributed by atoms with Gasteiger partial charge in [-0.15, -0.1) is 0 Å². The highest BCUT2D eigenvalue weighted by Gasteiger charge is 2.28. The van der Waals surface area contributed by atoms with Gasteiger partial charge in [0.05, 0.1) is 0 Å². The lowest BCUT2D eigenvalue weighted by atomic mass is 10.1. The molecule has 5 heteroatoms. The summed E-state index contributed by atoms with van der Waals surface area (Å²) in [4.78, 5) is 22.1. The van der Waals surface area contributed by atoms with Crippen LogP contribution in [-0.2, 0) is 0 Å². The van der Waals surface area contributed by atoms with Gasteiger partial charge >= 0.3 is 0 Å². The van der Waals surface area contributed by atoms with Crippen molar-refractivity contribution in [3.05, 3.63) is 78.1 Å². The zero-order valence-corrected chi connectivity index (χ0v) is 14.2. The highest BCUT2D eigenvalue weighted by molar-refractivity contribution is 6.16. The third kappa shape index (κ3) is 2.21. The van der Waals surface area contributed by atoms with E-state index in [1.54, 1.807) is 0 Å². The lowest BCUT2D eigenvalue weighted by Crippen LogP contribution is -2.17. The number of anilines is 1. The Morgan fingerprint density at radius 3 is 2.69 bits per heavy atom. The molecule has 26 heavy (non-hydrogen) atoms. The largest absolute Gasteiger partial charge is 0.323 e. The van der Waals surface area contributed by atoms with E-state index in [1.165, 1.54) is 5.39 Å². The summed E-state index contributed by atoms with van der Waals surface area (Å²) in [6.45, 7) is 1.82. The number of nitrogens with zero attached hydrogens (tertiary/aromatic N) is 3. The molecule has 0 saturated heterocycles. The van der Waals surface area contributed by atoms with E-state index < -0.39 is 6.04 Å². The number of aliphatic imine (C=N–C) groups is 1. The fraction of sp³-hybridized carbons (Fsp3) is 0.0952. The minimum atomic E-state index is -0.481. The Morgan fingerprint density at radius 2 is 1.81 bits per heavy atom. The molecule has 5 nitrogen and oxygen atoms in total. The monoisotopic (exact) mass is 340 g/mol. The molecule has 1 aliphatic rings. The number of hydrogen-bond donors (Lipinski definition) is 1. The van der Waals surface area contributed by atoms with Gasteiger partial charge in [0.15, 0.2) is 5.82 Å². The van der Waals surface area contributed by atoms with E-state index in [-0.39, 0.29) is 5.78 Å². The van der Waals surface area contributed by atoms with Crippen LogP contribution in [0.2, 0.25) is 0 Å². The molecule has 1 N–H and O–H groups in total. The number of nitrogens with one attached hydrogen (secondary N) is 1. The van der Waals surface area contributed by atoms with Crippen LogP contribution in [0.4, 0.5) is 5.82 Å². The maximum absolute atomic E-state index is 12.9. The van der Waals surface area contributed by atoms with Crippen LogP contribution in [0.25, 0.3) is 16.4 Å². The summed E-state index contributed by atoms with van der Waals surface area (Å²) in [5, 5.41) is 5.59. The Kier molecular flexibility index (Phi) is 3.15. The van der Waals surface area contributed by atoms with Crippen molar-refractivity contribution >= 4 is 33.9 Å². The predicted octanol–water partition coefficient (Wildman–Crippen LogP) is 3.93. The summed E-state index contributed by atoms with van der Waals surface area (Å²) in [6.07, 6.45) is 1.86. The first-order chi connectivity index (χ1) is 12.7. The van der Waals surface area contributed by atoms with Gasteiger partial charge in [0, 0.05) is 11.8 Å². The third-order valence-electron chi connectivity index (χ3n) is 4.73. The third-order valence-corrected chi connectivity index (χ3v) is 4.73. The maximum atomic E-state index is 12.9. The zero-order valence-electron chi connectivity index (χ0n) is 14.2. The average molecular weight is 340 g/mol. The molecule has 0 radical (unpaired) electrons. The van der Waals surface area contributed by atoms with Crippen molar-refractivity contribution in [2.75, 3.05) is 5.32 Å². The van der Waals surface area contributed by atoms with Gasteiger partial charge in [-0.25, -0.2) is 4.98 Å². The highest BCUT2D eigenvalue weighted by Crippen LogP contribution is 2.25. The van der Waals surface area contributed by atoms with E-state index >= 15 is 0 Å². The second-order valence-corrected chi connectivity index (χ2v) is 6.44. The van der Waals surface area contributed by atoms with Gasteiger partial charge in [0.2, 0.25) is 5.78 Å². The molecule has 0 saturated carbocycles. The van der Waals surface area contributed by atoms with Crippen molar-refractivity contribution < 1.29 is 4.79 Å². The Morgan fingerprint density at radius 1 is 1.00 bits per heavy atom. The van der Waals surface area contributed by atoms with Gasteiger partial charge in [-0.1, -0.05) is 42.5 Å². The van der Waals surface area contributed by atoms with Crippen LogP contribution in [0.15, 0.2) is 71.9 Å². The van der Waals surface area contributed by atoms with Gasteiger partial charge in [0.1, 0.15) is 23.2 Å². The molecule has 3 heterocycles. The number of Topliss-reactive ketones (excluding diaryl/α,β-unsaturated/α-hetero) is 1. The number of pyridine rings is 1. The van der Waals surface area contributed by atoms with Crippen LogP contribution in [0.3, 0.4) is 0 Å². The van der Waals surface area contributed by atoms with Crippen molar-refractivity contribution in [1.29, 1.82) is 0 Å². The number of imidazole rings is 1. The molecule has 2 aromatic carbocycles. The van der Waals surface area contributed by atoms with Gasteiger partial charge in [0.25, 0.3) is 0 Å². The van der Waals surface area contributed by atoms with E-state index in [9.17, 15) is 4.79 Å². The number of carbonyl (C=O) groups is 1. The Hall–Kier alpha value is -3.47. The molecule has 0 spiro atoms. The topological polar surface area (TPSA) is 58.8 Å². The molecule has 5 rings (SSSR count). The molecule has 4 aromatic rings. The van der Waals surface area contributed by atoms with Crippen LogP contribution in [-0.4, -0.2) is 27.0 Å². The lowest BCUT2D eigenvalue weighted by molar-refractivity contribution is 0.0965. The van der Waals surface area contributed by atoms with E-state index in [1.807, 2.05) is 53.9 Å². The molecule has 126 valence electrons. The molecule has 1 atom stereocenters. The molecule has 0 bridgehead atoms. The van der Waals surface area contributed by atoms with E-state index in [0.717, 1.165) is 16.6 Å². The van der Waals surface area contributed by atoms with Crippen molar-refractivity contribution in [3.63, 3.8) is 0 Å². The number of ketones is 1. The van der Waals surface area contributed by atoms with E-state index in [2.05, 4.69) is 39.6 Å². The maximum Gasteiger partial charge on any atom is 0.207 e. The van der Waals surface area contributed by atoms with Gasteiger partial charge < -0.3 is 5.32 Å². The second-order valence-electron chi connectivity index (χ2n) is 6.44.